The van der Waals surface area contributed by atoms with Gasteiger partial charge in [0.1, 0.15) is 5.36 Å². The van der Waals surface area contributed by atoms with Crippen molar-refractivity contribution < 1.29 is 13.2 Å². The summed E-state index contributed by atoms with van der Waals surface area (Å²) in [7, 11) is 0. The van der Waals surface area contributed by atoms with Crippen molar-refractivity contribution in [1.82, 2.24) is 0 Å². The molecule has 1 aromatic rings. The van der Waals surface area contributed by atoms with Crippen LogP contribution in [0, 0.1) is 0 Å². The predicted octanol–water partition coefficient (Wildman–Crippen LogP) is 0.825. The number of rotatable bonds is 0. The Morgan fingerprint density at radius 2 is 1.87 bits per heavy atom. The van der Waals surface area contributed by atoms with Crippen LogP contribution in [0.4, 0.5) is 18.9 Å². The standard InChI is InChI=1S/C8H4F3N3S/c9-8(10,11)3-1-2-4-6(5(3)12)14-7(15)13-4/h1-2H,12H2. The Hall–Kier alpha value is -1.50. The Kier molecular flexibility index (Phi) is 2.00. The SMILES string of the molecule is Nc1c(C(F)(F)F)ccc2c1=NC(=S)N=2. The smallest absolute Gasteiger partial charge is 0.396 e. The first-order valence-electron chi connectivity index (χ1n) is 3.86. The van der Waals surface area contributed by atoms with E-state index in [0.29, 0.717) is 0 Å². The average molecular weight is 231 g/mol. The zero-order valence-corrected chi connectivity index (χ0v) is 7.99. The number of nitrogen functional groups attached to an aromatic ring is 1. The van der Waals surface area contributed by atoms with E-state index in [1.165, 1.54) is 6.07 Å². The number of anilines is 1. The van der Waals surface area contributed by atoms with Crippen molar-refractivity contribution in [2.45, 2.75) is 6.18 Å². The van der Waals surface area contributed by atoms with Gasteiger partial charge in [-0.25, -0.2) is 9.98 Å². The lowest BCUT2D eigenvalue weighted by Gasteiger charge is -2.08. The van der Waals surface area contributed by atoms with Crippen LogP contribution in [0.15, 0.2) is 22.1 Å². The van der Waals surface area contributed by atoms with E-state index < -0.39 is 17.4 Å². The molecule has 1 aromatic carbocycles. The summed E-state index contributed by atoms with van der Waals surface area (Å²) in [5, 5.41) is 0.288. The number of hydrogen-bond donors (Lipinski definition) is 1. The van der Waals surface area contributed by atoms with E-state index in [0.717, 1.165) is 6.07 Å². The van der Waals surface area contributed by atoms with Crippen LogP contribution in [0.3, 0.4) is 0 Å². The number of thiocarbonyl (C=S) groups is 1. The van der Waals surface area contributed by atoms with Gasteiger partial charge in [0.25, 0.3) is 0 Å². The molecule has 0 amide bonds. The first-order chi connectivity index (χ1) is 6.89. The van der Waals surface area contributed by atoms with E-state index in [1.54, 1.807) is 0 Å². The fraction of sp³-hybridized carbons (Fsp3) is 0.125. The summed E-state index contributed by atoms with van der Waals surface area (Å²) in [6, 6.07) is 2.08. The van der Waals surface area contributed by atoms with Crippen LogP contribution in [0.1, 0.15) is 5.56 Å². The average Bonchev–Trinajstić information content (AvgIpc) is 2.44. The number of fused-ring (bicyclic) bond motifs is 1. The third kappa shape index (κ3) is 1.58. The second-order valence-corrected chi connectivity index (χ2v) is 3.26. The maximum Gasteiger partial charge on any atom is 0.418 e. The fourth-order valence-corrected chi connectivity index (χ4v) is 1.46. The molecule has 0 unspecified atom stereocenters. The second-order valence-electron chi connectivity index (χ2n) is 2.90. The highest BCUT2D eigenvalue weighted by Crippen LogP contribution is 2.31. The zero-order valence-electron chi connectivity index (χ0n) is 7.17. The van der Waals surface area contributed by atoms with E-state index in [2.05, 4.69) is 22.2 Å². The highest BCUT2D eigenvalue weighted by molar-refractivity contribution is 7.80. The molecular formula is C8H4F3N3S. The van der Waals surface area contributed by atoms with Gasteiger partial charge in [0.2, 0.25) is 5.11 Å². The van der Waals surface area contributed by atoms with Gasteiger partial charge in [0.05, 0.1) is 16.6 Å². The Morgan fingerprint density at radius 3 is 2.47 bits per heavy atom. The van der Waals surface area contributed by atoms with Crippen LogP contribution >= 0.6 is 12.2 Å². The van der Waals surface area contributed by atoms with Gasteiger partial charge in [-0.1, -0.05) is 0 Å². The van der Waals surface area contributed by atoms with Crippen molar-refractivity contribution in [2.75, 3.05) is 5.73 Å². The summed E-state index contributed by atoms with van der Waals surface area (Å²) in [5.74, 6) is 0. The van der Waals surface area contributed by atoms with Gasteiger partial charge >= 0.3 is 6.18 Å². The molecule has 2 rings (SSSR count). The molecule has 0 atom stereocenters. The molecule has 1 aliphatic rings. The van der Waals surface area contributed by atoms with Gasteiger partial charge in [-0.2, -0.15) is 13.2 Å². The van der Waals surface area contributed by atoms with Gasteiger partial charge in [0.15, 0.2) is 0 Å². The van der Waals surface area contributed by atoms with Crippen molar-refractivity contribution in [3.05, 3.63) is 28.4 Å². The van der Waals surface area contributed by atoms with Crippen molar-refractivity contribution in [2.24, 2.45) is 9.98 Å². The molecule has 2 N–H and O–H groups in total. The maximum atomic E-state index is 12.4. The van der Waals surface area contributed by atoms with E-state index >= 15 is 0 Å². The lowest BCUT2D eigenvalue weighted by atomic mass is 10.1. The third-order valence-corrected chi connectivity index (χ3v) is 2.11. The van der Waals surface area contributed by atoms with E-state index in [9.17, 15) is 13.2 Å². The molecule has 0 spiro atoms. The summed E-state index contributed by atoms with van der Waals surface area (Å²) in [6.45, 7) is 0. The molecule has 3 nitrogen and oxygen atoms in total. The first-order valence-corrected chi connectivity index (χ1v) is 4.27. The Morgan fingerprint density at radius 1 is 1.20 bits per heavy atom. The van der Waals surface area contributed by atoms with Crippen molar-refractivity contribution >= 4 is 23.0 Å². The summed E-state index contributed by atoms with van der Waals surface area (Å²) in [6.07, 6.45) is -4.49. The van der Waals surface area contributed by atoms with E-state index in [-0.39, 0.29) is 15.8 Å². The van der Waals surface area contributed by atoms with Gasteiger partial charge in [-0.05, 0) is 24.4 Å². The Balaban J connectivity index is 2.80. The number of nitrogens with zero attached hydrogens (tertiary/aromatic N) is 2. The normalized spacial score (nSPS) is 14.5. The molecule has 0 saturated carbocycles. The van der Waals surface area contributed by atoms with E-state index in [1.807, 2.05) is 0 Å². The molecule has 15 heavy (non-hydrogen) atoms. The summed E-state index contributed by atoms with van der Waals surface area (Å²) in [5.41, 5.74) is 4.01. The number of halogens is 3. The summed E-state index contributed by atoms with van der Waals surface area (Å²) >= 11 is 4.65. The zero-order chi connectivity index (χ0) is 11.2. The highest BCUT2D eigenvalue weighted by atomic mass is 32.1. The molecule has 78 valence electrons. The lowest BCUT2D eigenvalue weighted by molar-refractivity contribution is -0.137. The topological polar surface area (TPSA) is 50.7 Å². The van der Waals surface area contributed by atoms with Crippen LogP contribution < -0.4 is 16.4 Å². The van der Waals surface area contributed by atoms with Crippen LogP contribution in [0.25, 0.3) is 0 Å². The minimum atomic E-state index is -4.49. The number of hydrogen-bond acceptors (Lipinski definition) is 2. The van der Waals surface area contributed by atoms with Crippen molar-refractivity contribution in [3.8, 4) is 0 Å². The largest absolute Gasteiger partial charge is 0.418 e. The minimum absolute atomic E-state index is 0.00368. The van der Waals surface area contributed by atoms with Crippen LogP contribution in [-0.2, 0) is 6.18 Å². The van der Waals surface area contributed by atoms with Crippen LogP contribution in [0.2, 0.25) is 0 Å². The molecule has 0 aromatic heterocycles. The number of benzene rings is 1. The molecule has 0 radical (unpaired) electrons. The van der Waals surface area contributed by atoms with E-state index in [4.69, 9.17) is 5.73 Å². The molecule has 0 saturated heterocycles. The quantitative estimate of drug-likeness (QED) is 0.531. The highest BCUT2D eigenvalue weighted by Gasteiger charge is 2.33. The molecule has 1 aliphatic heterocycles. The Bertz CT molecular complexity index is 562. The first kappa shape index (κ1) is 10.0. The van der Waals surface area contributed by atoms with Crippen molar-refractivity contribution in [3.63, 3.8) is 0 Å². The monoisotopic (exact) mass is 231 g/mol. The molecule has 1 heterocycles. The number of alkyl halides is 3. The molecule has 7 heteroatoms. The molecule has 0 bridgehead atoms. The predicted molar refractivity (Wildman–Crippen MR) is 50.8 cm³/mol. The van der Waals surface area contributed by atoms with Gasteiger partial charge < -0.3 is 5.73 Å². The Labute approximate surface area is 87.1 Å². The summed E-state index contributed by atoms with van der Waals surface area (Å²) in [4.78, 5) is 7.42. The lowest BCUT2D eigenvalue weighted by Crippen LogP contribution is -2.28. The van der Waals surface area contributed by atoms with Crippen LogP contribution in [-0.4, -0.2) is 5.11 Å². The third-order valence-electron chi connectivity index (χ3n) is 1.92. The van der Waals surface area contributed by atoms with Gasteiger partial charge in [-0.3, -0.25) is 0 Å². The molecular weight excluding hydrogens is 227 g/mol. The fourth-order valence-electron chi connectivity index (χ4n) is 1.28. The van der Waals surface area contributed by atoms with Gasteiger partial charge in [0, 0.05) is 0 Å². The molecule has 0 aliphatic carbocycles. The minimum Gasteiger partial charge on any atom is -0.396 e. The molecule has 0 fully saturated rings. The van der Waals surface area contributed by atoms with Gasteiger partial charge in [-0.15, -0.1) is 0 Å². The van der Waals surface area contributed by atoms with Crippen molar-refractivity contribution in [1.29, 1.82) is 0 Å². The second kappa shape index (κ2) is 2.99. The summed E-state index contributed by atoms with van der Waals surface area (Å²) < 4.78 is 37.3. The number of nitrogens with two attached hydrogens (primary N) is 1. The maximum absolute atomic E-state index is 12.4. The van der Waals surface area contributed by atoms with Crippen LogP contribution in [0.5, 0.6) is 0 Å².